The average Bonchev–Trinajstić information content (AvgIpc) is 2.90. The van der Waals surface area contributed by atoms with Gasteiger partial charge >= 0.3 is 0 Å². The number of ether oxygens (including phenoxy) is 1. The number of hydrogen-bond acceptors (Lipinski definition) is 3. The molecule has 1 aliphatic heterocycles. The molecule has 2 rings (SSSR count). The molecule has 1 fully saturated rings. The molecule has 0 spiro atoms. The lowest BCUT2D eigenvalue weighted by atomic mass is 10.0. The van der Waals surface area contributed by atoms with Gasteiger partial charge in [-0.2, -0.15) is 0 Å². The van der Waals surface area contributed by atoms with E-state index >= 15 is 0 Å². The van der Waals surface area contributed by atoms with Crippen molar-refractivity contribution in [3.63, 3.8) is 0 Å². The van der Waals surface area contributed by atoms with Crippen LogP contribution in [0.15, 0.2) is 24.3 Å². The van der Waals surface area contributed by atoms with Gasteiger partial charge in [0, 0.05) is 20.1 Å². The summed E-state index contributed by atoms with van der Waals surface area (Å²) >= 11 is 0. The second kappa shape index (κ2) is 5.98. The average molecular weight is 249 g/mol. The third-order valence-electron chi connectivity index (χ3n) is 3.18. The molecule has 0 bridgehead atoms. The van der Waals surface area contributed by atoms with Crippen LogP contribution in [0.1, 0.15) is 37.0 Å². The molecule has 2 atom stereocenters. The summed E-state index contributed by atoms with van der Waals surface area (Å²) in [6.45, 7) is 2.75. The summed E-state index contributed by atoms with van der Waals surface area (Å²) < 4.78 is 5.47. The van der Waals surface area contributed by atoms with Gasteiger partial charge in [-0.3, -0.25) is 4.79 Å². The van der Waals surface area contributed by atoms with E-state index in [9.17, 15) is 9.90 Å². The minimum atomic E-state index is -0.553. The van der Waals surface area contributed by atoms with Crippen molar-refractivity contribution >= 4 is 5.91 Å². The van der Waals surface area contributed by atoms with Crippen LogP contribution in [0.3, 0.4) is 0 Å². The van der Waals surface area contributed by atoms with Crippen LogP contribution in [0, 0.1) is 0 Å². The third kappa shape index (κ3) is 3.31. The Morgan fingerprint density at radius 2 is 2.22 bits per heavy atom. The zero-order chi connectivity index (χ0) is 13.0. The summed E-state index contributed by atoms with van der Waals surface area (Å²) in [6.07, 6.45) is 1.30. The monoisotopic (exact) mass is 249 g/mol. The number of rotatable bonds is 4. The molecule has 0 aromatic heterocycles. The lowest BCUT2D eigenvalue weighted by molar-refractivity contribution is -0.119. The summed E-state index contributed by atoms with van der Waals surface area (Å²) in [5, 5.41) is 12.9. The van der Waals surface area contributed by atoms with Crippen molar-refractivity contribution in [3.05, 3.63) is 35.4 Å². The first kappa shape index (κ1) is 13.1. The molecule has 1 heterocycles. The van der Waals surface area contributed by atoms with E-state index in [1.54, 1.807) is 0 Å². The predicted molar refractivity (Wildman–Crippen MR) is 67.9 cm³/mol. The normalized spacial score (nSPS) is 20.7. The first-order valence-corrected chi connectivity index (χ1v) is 6.30. The molecule has 18 heavy (non-hydrogen) atoms. The standard InChI is InChI=1S/C14H19NO3/c1-10(16)15-9-11-4-6-12(7-5-11)14(17)13-3-2-8-18-13/h4-7,13-14,17H,2-3,8-9H2,1H3,(H,15,16). The van der Waals surface area contributed by atoms with Crippen molar-refractivity contribution in [2.45, 2.75) is 38.5 Å². The van der Waals surface area contributed by atoms with Crippen molar-refractivity contribution in [2.75, 3.05) is 6.61 Å². The Bertz CT molecular complexity index is 396. The number of nitrogens with one attached hydrogen (secondary N) is 1. The Morgan fingerprint density at radius 3 is 2.78 bits per heavy atom. The van der Waals surface area contributed by atoms with Crippen molar-refractivity contribution in [2.24, 2.45) is 0 Å². The molecular weight excluding hydrogens is 230 g/mol. The topological polar surface area (TPSA) is 58.6 Å². The Morgan fingerprint density at radius 1 is 1.50 bits per heavy atom. The largest absolute Gasteiger partial charge is 0.386 e. The highest BCUT2D eigenvalue weighted by Gasteiger charge is 2.25. The Hall–Kier alpha value is -1.39. The predicted octanol–water partition coefficient (Wildman–Crippen LogP) is 1.54. The molecule has 0 aliphatic carbocycles. The third-order valence-corrected chi connectivity index (χ3v) is 3.18. The first-order valence-electron chi connectivity index (χ1n) is 6.30. The van der Waals surface area contributed by atoms with Gasteiger partial charge in [0.05, 0.1) is 6.10 Å². The van der Waals surface area contributed by atoms with Gasteiger partial charge in [-0.05, 0) is 24.0 Å². The molecule has 98 valence electrons. The summed E-state index contributed by atoms with van der Waals surface area (Å²) in [5.74, 6) is -0.0431. The highest BCUT2D eigenvalue weighted by Crippen LogP contribution is 2.26. The van der Waals surface area contributed by atoms with Gasteiger partial charge in [-0.15, -0.1) is 0 Å². The maximum absolute atomic E-state index is 10.8. The van der Waals surface area contributed by atoms with Crippen LogP contribution in [0.2, 0.25) is 0 Å². The van der Waals surface area contributed by atoms with Gasteiger partial charge in [0.2, 0.25) is 5.91 Å². The highest BCUT2D eigenvalue weighted by molar-refractivity contribution is 5.72. The molecule has 2 unspecified atom stereocenters. The van der Waals surface area contributed by atoms with Gasteiger partial charge in [-0.25, -0.2) is 0 Å². The summed E-state index contributed by atoms with van der Waals surface area (Å²) in [4.78, 5) is 10.8. The van der Waals surface area contributed by atoms with Gasteiger partial charge < -0.3 is 15.2 Å². The minimum absolute atomic E-state index is 0.0431. The summed E-state index contributed by atoms with van der Waals surface area (Å²) in [5.41, 5.74) is 1.89. The Labute approximate surface area is 107 Å². The van der Waals surface area contributed by atoms with Crippen molar-refractivity contribution in [1.29, 1.82) is 0 Å². The van der Waals surface area contributed by atoms with E-state index in [1.807, 2.05) is 24.3 Å². The number of amides is 1. The molecule has 0 radical (unpaired) electrons. The fourth-order valence-corrected chi connectivity index (χ4v) is 2.13. The van der Waals surface area contributed by atoms with Crippen LogP contribution in [0.25, 0.3) is 0 Å². The molecule has 1 amide bonds. The van der Waals surface area contributed by atoms with Crippen LogP contribution < -0.4 is 5.32 Å². The van der Waals surface area contributed by atoms with Crippen LogP contribution in [-0.4, -0.2) is 23.7 Å². The second-order valence-electron chi connectivity index (χ2n) is 4.65. The number of aliphatic hydroxyl groups excluding tert-OH is 1. The number of carbonyl (C=O) groups is 1. The molecule has 4 heteroatoms. The minimum Gasteiger partial charge on any atom is -0.386 e. The van der Waals surface area contributed by atoms with Gasteiger partial charge in [-0.1, -0.05) is 24.3 Å². The molecule has 4 nitrogen and oxygen atoms in total. The number of hydrogen-bond donors (Lipinski definition) is 2. The molecule has 2 N–H and O–H groups in total. The second-order valence-corrected chi connectivity index (χ2v) is 4.65. The lowest BCUT2D eigenvalue weighted by Gasteiger charge is -2.18. The van der Waals surface area contributed by atoms with E-state index in [4.69, 9.17) is 4.74 Å². The van der Waals surface area contributed by atoms with E-state index < -0.39 is 6.10 Å². The van der Waals surface area contributed by atoms with Gasteiger partial charge in [0.25, 0.3) is 0 Å². The van der Waals surface area contributed by atoms with Gasteiger partial charge in [0.15, 0.2) is 0 Å². The van der Waals surface area contributed by atoms with E-state index in [0.29, 0.717) is 6.54 Å². The number of benzene rings is 1. The molecule has 1 aliphatic rings. The Kier molecular flexibility index (Phi) is 4.33. The number of aliphatic hydroxyl groups is 1. The van der Waals surface area contributed by atoms with E-state index in [2.05, 4.69) is 5.32 Å². The summed E-state index contributed by atoms with van der Waals surface area (Å²) in [6, 6.07) is 7.62. The van der Waals surface area contributed by atoms with Crippen molar-refractivity contribution < 1.29 is 14.6 Å². The van der Waals surface area contributed by atoms with Crippen LogP contribution in [0.4, 0.5) is 0 Å². The Balaban J connectivity index is 1.95. The zero-order valence-corrected chi connectivity index (χ0v) is 10.6. The lowest BCUT2D eigenvalue weighted by Crippen LogP contribution is -2.19. The quantitative estimate of drug-likeness (QED) is 0.851. The van der Waals surface area contributed by atoms with E-state index in [-0.39, 0.29) is 12.0 Å². The first-order chi connectivity index (χ1) is 8.66. The van der Waals surface area contributed by atoms with Crippen LogP contribution >= 0.6 is 0 Å². The fourth-order valence-electron chi connectivity index (χ4n) is 2.13. The molecule has 1 aromatic rings. The molecular formula is C14H19NO3. The fraction of sp³-hybridized carbons (Fsp3) is 0.500. The van der Waals surface area contributed by atoms with E-state index in [0.717, 1.165) is 30.6 Å². The summed E-state index contributed by atoms with van der Waals surface area (Å²) in [7, 11) is 0. The molecule has 1 aromatic carbocycles. The molecule has 1 saturated heterocycles. The van der Waals surface area contributed by atoms with Crippen LogP contribution in [-0.2, 0) is 16.1 Å². The van der Waals surface area contributed by atoms with Crippen molar-refractivity contribution in [1.82, 2.24) is 5.32 Å². The van der Waals surface area contributed by atoms with Crippen molar-refractivity contribution in [3.8, 4) is 0 Å². The van der Waals surface area contributed by atoms with E-state index in [1.165, 1.54) is 6.92 Å². The highest BCUT2D eigenvalue weighted by atomic mass is 16.5. The smallest absolute Gasteiger partial charge is 0.217 e. The maximum atomic E-state index is 10.8. The SMILES string of the molecule is CC(=O)NCc1ccc(C(O)C2CCCO2)cc1. The van der Waals surface area contributed by atoms with Gasteiger partial charge in [0.1, 0.15) is 6.10 Å². The zero-order valence-electron chi connectivity index (χ0n) is 10.6. The molecule has 0 saturated carbocycles. The number of carbonyl (C=O) groups excluding carboxylic acids is 1. The maximum Gasteiger partial charge on any atom is 0.217 e. The van der Waals surface area contributed by atoms with Crippen LogP contribution in [0.5, 0.6) is 0 Å².